The number of carbonyl (C=O) groups excluding carboxylic acids is 1. The summed E-state index contributed by atoms with van der Waals surface area (Å²) in [6.45, 7) is 3.73. The Bertz CT molecular complexity index is 782. The first-order chi connectivity index (χ1) is 11.6. The number of hydrogen-bond donors (Lipinski definition) is 0. The maximum absolute atomic E-state index is 12.0. The van der Waals surface area contributed by atoms with E-state index in [0.717, 1.165) is 42.5 Å². The summed E-state index contributed by atoms with van der Waals surface area (Å²) in [6.07, 6.45) is 4.69. The molecule has 126 valence electrons. The van der Waals surface area contributed by atoms with Crippen LogP contribution in [0, 0.1) is 18.3 Å². The first-order valence-electron chi connectivity index (χ1n) is 8.29. The number of methoxy groups -OCH3 is 1. The lowest BCUT2D eigenvalue weighted by Gasteiger charge is -2.14. The van der Waals surface area contributed by atoms with Gasteiger partial charge in [0, 0.05) is 30.3 Å². The fourth-order valence-corrected chi connectivity index (χ4v) is 3.44. The van der Waals surface area contributed by atoms with Crippen molar-refractivity contribution in [1.82, 2.24) is 4.57 Å². The smallest absolute Gasteiger partial charge is 0.314 e. The number of aromatic nitrogens is 1. The van der Waals surface area contributed by atoms with E-state index in [9.17, 15) is 4.79 Å². The van der Waals surface area contributed by atoms with Crippen LogP contribution in [-0.2, 0) is 20.8 Å². The van der Waals surface area contributed by atoms with Crippen molar-refractivity contribution in [3.63, 3.8) is 0 Å². The largest absolute Gasteiger partial charge is 0.469 e. The third-order valence-electron chi connectivity index (χ3n) is 4.71. The predicted molar refractivity (Wildman–Crippen MR) is 90.6 cm³/mol. The number of fused-ring (bicyclic) bond motifs is 1. The number of ether oxygens (including phenoxy) is 2. The molecule has 0 amide bonds. The highest BCUT2D eigenvalue weighted by Gasteiger charge is 2.23. The zero-order chi connectivity index (χ0) is 17.1. The predicted octanol–water partition coefficient (Wildman–Crippen LogP) is 3.30. The van der Waals surface area contributed by atoms with Gasteiger partial charge in [0.2, 0.25) is 0 Å². The van der Waals surface area contributed by atoms with Gasteiger partial charge in [-0.1, -0.05) is 12.1 Å². The Morgan fingerprint density at radius 1 is 1.54 bits per heavy atom. The molecular weight excluding hydrogens is 304 g/mol. The molecule has 5 heteroatoms. The van der Waals surface area contributed by atoms with Crippen LogP contribution in [0.3, 0.4) is 0 Å². The molecule has 0 radical (unpaired) electrons. The summed E-state index contributed by atoms with van der Waals surface area (Å²) in [5, 5.41) is 10.2. The second kappa shape index (κ2) is 7.06. The van der Waals surface area contributed by atoms with Crippen molar-refractivity contribution >= 4 is 16.9 Å². The molecule has 3 rings (SSSR count). The van der Waals surface area contributed by atoms with Gasteiger partial charge in [0.05, 0.1) is 31.6 Å². The van der Waals surface area contributed by atoms with E-state index in [1.807, 2.05) is 18.2 Å². The fourth-order valence-electron chi connectivity index (χ4n) is 3.44. The molecule has 0 aliphatic carbocycles. The molecule has 2 atom stereocenters. The number of carbonyl (C=O) groups is 1. The Labute approximate surface area is 141 Å². The first kappa shape index (κ1) is 16.5. The molecule has 1 fully saturated rings. The van der Waals surface area contributed by atoms with Crippen LogP contribution in [0.25, 0.3) is 10.9 Å². The number of nitrogens with zero attached hydrogens (tertiary/aromatic N) is 2. The van der Waals surface area contributed by atoms with Gasteiger partial charge in [0.1, 0.15) is 0 Å². The molecule has 0 N–H and O–H groups in total. The SMILES string of the molecule is COC(=O)C(CC#N)c1ccc2c(C)cn(CC3CCCO3)c2c1. The van der Waals surface area contributed by atoms with Gasteiger partial charge >= 0.3 is 5.97 Å². The zero-order valence-electron chi connectivity index (χ0n) is 14.1. The standard InChI is InChI=1S/C19H22N2O3/c1-13-11-21(12-15-4-3-9-24-15)18-10-14(5-6-16(13)18)17(7-8-20)19(22)23-2/h5-6,10-11,15,17H,3-4,7,9,12H2,1-2H3. The molecule has 1 saturated heterocycles. The van der Waals surface area contributed by atoms with Crippen molar-refractivity contribution in [2.24, 2.45) is 0 Å². The summed E-state index contributed by atoms with van der Waals surface area (Å²) in [5.74, 6) is -0.916. The normalized spacial score (nSPS) is 18.5. The van der Waals surface area contributed by atoms with Crippen LogP contribution in [0.4, 0.5) is 0 Å². The minimum Gasteiger partial charge on any atom is -0.469 e. The summed E-state index contributed by atoms with van der Waals surface area (Å²) in [4.78, 5) is 12.0. The van der Waals surface area contributed by atoms with Crippen LogP contribution in [0.1, 0.15) is 36.3 Å². The number of nitriles is 1. The fraction of sp³-hybridized carbons (Fsp3) is 0.474. The summed E-state index contributed by atoms with van der Waals surface area (Å²) < 4.78 is 12.8. The van der Waals surface area contributed by atoms with E-state index in [2.05, 4.69) is 23.8 Å². The number of rotatable bonds is 5. The van der Waals surface area contributed by atoms with Crippen LogP contribution in [0.2, 0.25) is 0 Å². The second-order valence-corrected chi connectivity index (χ2v) is 6.31. The molecule has 0 spiro atoms. The van der Waals surface area contributed by atoms with Crippen LogP contribution in [0.5, 0.6) is 0 Å². The highest BCUT2D eigenvalue weighted by molar-refractivity contribution is 5.86. The molecule has 2 unspecified atom stereocenters. The van der Waals surface area contributed by atoms with Gasteiger partial charge in [-0.15, -0.1) is 0 Å². The number of benzene rings is 1. The maximum atomic E-state index is 12.0. The quantitative estimate of drug-likeness (QED) is 0.791. The molecule has 1 aliphatic heterocycles. The Morgan fingerprint density at radius 3 is 3.04 bits per heavy atom. The highest BCUT2D eigenvalue weighted by Crippen LogP contribution is 2.29. The van der Waals surface area contributed by atoms with Crippen molar-refractivity contribution in [3.05, 3.63) is 35.5 Å². The minimum absolute atomic E-state index is 0.115. The van der Waals surface area contributed by atoms with Crippen LogP contribution >= 0.6 is 0 Å². The third-order valence-corrected chi connectivity index (χ3v) is 4.71. The highest BCUT2D eigenvalue weighted by atomic mass is 16.5. The van der Waals surface area contributed by atoms with Crippen LogP contribution < -0.4 is 0 Å². The third kappa shape index (κ3) is 3.15. The van der Waals surface area contributed by atoms with E-state index in [1.54, 1.807) is 0 Å². The number of esters is 1. The monoisotopic (exact) mass is 326 g/mol. The molecule has 2 aromatic rings. The molecule has 5 nitrogen and oxygen atoms in total. The van der Waals surface area contributed by atoms with Crippen molar-refractivity contribution in [3.8, 4) is 6.07 Å². The molecule has 2 heterocycles. The first-order valence-corrected chi connectivity index (χ1v) is 8.29. The lowest BCUT2D eigenvalue weighted by atomic mass is 9.95. The lowest BCUT2D eigenvalue weighted by Crippen LogP contribution is -2.15. The summed E-state index contributed by atoms with van der Waals surface area (Å²) in [7, 11) is 1.36. The van der Waals surface area contributed by atoms with E-state index in [-0.39, 0.29) is 18.5 Å². The summed E-state index contributed by atoms with van der Waals surface area (Å²) in [6, 6.07) is 8.04. The Kier molecular flexibility index (Phi) is 4.86. The zero-order valence-corrected chi connectivity index (χ0v) is 14.1. The van der Waals surface area contributed by atoms with Crippen LogP contribution in [0.15, 0.2) is 24.4 Å². The van der Waals surface area contributed by atoms with Gasteiger partial charge in [-0.05, 0) is 37.0 Å². The minimum atomic E-state index is -0.546. The average molecular weight is 326 g/mol. The average Bonchev–Trinajstić information content (AvgIpc) is 3.21. The van der Waals surface area contributed by atoms with E-state index in [4.69, 9.17) is 14.7 Å². The van der Waals surface area contributed by atoms with Gasteiger partial charge in [0.15, 0.2) is 0 Å². The maximum Gasteiger partial charge on any atom is 0.314 e. The van der Waals surface area contributed by atoms with Gasteiger partial charge in [-0.2, -0.15) is 5.26 Å². The van der Waals surface area contributed by atoms with E-state index >= 15 is 0 Å². The Morgan fingerprint density at radius 2 is 2.38 bits per heavy atom. The molecule has 0 bridgehead atoms. The molecule has 0 saturated carbocycles. The molecular formula is C19H22N2O3. The molecule has 1 aliphatic rings. The van der Waals surface area contributed by atoms with Gasteiger partial charge < -0.3 is 14.0 Å². The van der Waals surface area contributed by atoms with E-state index in [1.165, 1.54) is 12.7 Å². The van der Waals surface area contributed by atoms with Crippen LogP contribution in [-0.4, -0.2) is 30.4 Å². The molecule has 1 aromatic carbocycles. The van der Waals surface area contributed by atoms with Gasteiger partial charge in [-0.25, -0.2) is 0 Å². The summed E-state index contributed by atoms with van der Waals surface area (Å²) in [5.41, 5.74) is 3.10. The number of aryl methyl sites for hydroxylation is 1. The van der Waals surface area contributed by atoms with Gasteiger partial charge in [0.25, 0.3) is 0 Å². The second-order valence-electron chi connectivity index (χ2n) is 6.31. The Balaban J connectivity index is 1.98. The van der Waals surface area contributed by atoms with Crippen molar-refractivity contribution in [2.45, 2.75) is 44.8 Å². The lowest BCUT2D eigenvalue weighted by molar-refractivity contribution is -0.142. The molecule has 1 aromatic heterocycles. The van der Waals surface area contributed by atoms with Crippen molar-refractivity contribution < 1.29 is 14.3 Å². The summed E-state index contributed by atoms with van der Waals surface area (Å²) >= 11 is 0. The van der Waals surface area contributed by atoms with Gasteiger partial charge in [-0.3, -0.25) is 4.79 Å². The topological polar surface area (TPSA) is 64.2 Å². The van der Waals surface area contributed by atoms with E-state index < -0.39 is 5.92 Å². The van der Waals surface area contributed by atoms with Crippen molar-refractivity contribution in [2.75, 3.05) is 13.7 Å². The Hall–Kier alpha value is -2.32. The molecule has 24 heavy (non-hydrogen) atoms. The number of hydrogen-bond acceptors (Lipinski definition) is 4. The van der Waals surface area contributed by atoms with Crippen molar-refractivity contribution in [1.29, 1.82) is 5.26 Å². The van der Waals surface area contributed by atoms with E-state index in [0.29, 0.717) is 0 Å².